The van der Waals surface area contributed by atoms with Crippen LogP contribution in [0, 0.1) is 0 Å². The molecule has 1 aliphatic rings. The first-order valence-electron chi connectivity index (χ1n) is 10.8. The molecular weight excluding hydrogens is 390 g/mol. The number of urea groups is 1. The molecule has 7 heteroatoms. The summed E-state index contributed by atoms with van der Waals surface area (Å²) in [4.78, 5) is 21.4. The molecule has 162 valence electrons. The highest BCUT2D eigenvalue weighted by Gasteiger charge is 2.21. The number of benzene rings is 2. The van der Waals surface area contributed by atoms with E-state index in [0.29, 0.717) is 6.61 Å². The summed E-state index contributed by atoms with van der Waals surface area (Å²) in [6.45, 7) is 7.57. The van der Waals surface area contributed by atoms with Crippen molar-refractivity contribution >= 4 is 11.7 Å². The van der Waals surface area contributed by atoms with Crippen LogP contribution >= 0.6 is 0 Å². The first-order valence-corrected chi connectivity index (χ1v) is 10.8. The first kappa shape index (κ1) is 20.9. The molecule has 0 bridgehead atoms. The summed E-state index contributed by atoms with van der Waals surface area (Å²) in [6.07, 6.45) is 3.88. The Kier molecular flexibility index (Phi) is 6.84. The monoisotopic (exact) mass is 419 g/mol. The second-order valence-corrected chi connectivity index (χ2v) is 7.53. The van der Waals surface area contributed by atoms with E-state index in [0.717, 1.165) is 62.1 Å². The zero-order valence-corrected chi connectivity index (χ0v) is 17.9. The number of hydrogen-bond donors (Lipinski definition) is 1. The second kappa shape index (κ2) is 10.1. The maximum atomic E-state index is 12.6. The Labute approximate surface area is 183 Å². The Bertz CT molecular complexity index is 963. The summed E-state index contributed by atoms with van der Waals surface area (Å²) in [7, 11) is 0. The van der Waals surface area contributed by atoms with Gasteiger partial charge in [0.15, 0.2) is 0 Å². The van der Waals surface area contributed by atoms with Crippen molar-refractivity contribution in [1.29, 1.82) is 0 Å². The minimum atomic E-state index is -0.0511. The number of carbonyl (C=O) groups is 1. The molecule has 1 N–H and O–H groups in total. The summed E-state index contributed by atoms with van der Waals surface area (Å²) < 4.78 is 7.64. The lowest BCUT2D eigenvalue weighted by atomic mass is 10.2. The fraction of sp³-hybridized carbons (Fsp3) is 0.333. The molecule has 0 radical (unpaired) electrons. The molecule has 2 amide bonds. The Hall–Kier alpha value is -3.32. The van der Waals surface area contributed by atoms with Crippen molar-refractivity contribution < 1.29 is 9.53 Å². The van der Waals surface area contributed by atoms with E-state index in [-0.39, 0.29) is 6.03 Å². The molecule has 0 unspecified atom stereocenters. The highest BCUT2D eigenvalue weighted by atomic mass is 16.5. The number of aromatic nitrogens is 2. The Morgan fingerprint density at radius 2 is 1.74 bits per heavy atom. The molecule has 2 aromatic carbocycles. The van der Waals surface area contributed by atoms with Crippen LogP contribution in [0.1, 0.15) is 6.92 Å². The molecule has 1 aromatic heterocycles. The standard InChI is InChI=1S/C24H29N5O2/c1-2-31-22-10-8-21(9-11-22)26-24(30)29-18-15-27(16-19-29)14-17-28-13-12-25-23(28)20-6-4-3-5-7-20/h3-13H,2,14-19H2,1H3,(H,26,30). The van der Waals surface area contributed by atoms with E-state index in [1.54, 1.807) is 0 Å². The summed E-state index contributed by atoms with van der Waals surface area (Å²) in [5.74, 6) is 1.80. The normalized spacial score (nSPS) is 14.4. The highest BCUT2D eigenvalue weighted by Crippen LogP contribution is 2.18. The van der Waals surface area contributed by atoms with Crippen LogP contribution in [-0.4, -0.2) is 64.7 Å². The summed E-state index contributed by atoms with van der Waals surface area (Å²) in [5, 5.41) is 2.98. The third-order valence-electron chi connectivity index (χ3n) is 5.48. The molecule has 2 heterocycles. The van der Waals surface area contributed by atoms with Crippen LogP contribution in [-0.2, 0) is 6.54 Å². The lowest BCUT2D eigenvalue weighted by Crippen LogP contribution is -2.50. The second-order valence-electron chi connectivity index (χ2n) is 7.53. The van der Waals surface area contributed by atoms with Gasteiger partial charge in [0.05, 0.1) is 6.61 Å². The fourth-order valence-electron chi connectivity index (χ4n) is 3.76. The number of piperazine rings is 1. The summed E-state index contributed by atoms with van der Waals surface area (Å²) in [6, 6.07) is 17.7. The molecule has 7 nitrogen and oxygen atoms in total. The van der Waals surface area contributed by atoms with E-state index in [4.69, 9.17) is 4.74 Å². The molecule has 0 saturated carbocycles. The number of carbonyl (C=O) groups excluding carboxylic acids is 1. The number of imidazole rings is 1. The van der Waals surface area contributed by atoms with Crippen LogP contribution in [0.5, 0.6) is 5.75 Å². The average Bonchev–Trinajstić information content (AvgIpc) is 3.29. The van der Waals surface area contributed by atoms with Crippen molar-refractivity contribution in [2.75, 3.05) is 44.6 Å². The van der Waals surface area contributed by atoms with Crippen molar-refractivity contribution in [3.8, 4) is 17.1 Å². The number of hydrogen-bond acceptors (Lipinski definition) is 4. The number of nitrogens with one attached hydrogen (secondary N) is 1. The van der Waals surface area contributed by atoms with Gasteiger partial charge in [-0.25, -0.2) is 9.78 Å². The Balaban J connectivity index is 1.24. The van der Waals surface area contributed by atoms with Crippen molar-refractivity contribution in [3.63, 3.8) is 0 Å². The third-order valence-corrected chi connectivity index (χ3v) is 5.48. The van der Waals surface area contributed by atoms with E-state index in [1.807, 2.05) is 66.7 Å². The predicted molar refractivity (Wildman–Crippen MR) is 122 cm³/mol. The van der Waals surface area contributed by atoms with Gasteiger partial charge in [-0.2, -0.15) is 0 Å². The molecule has 0 atom stereocenters. The fourth-order valence-corrected chi connectivity index (χ4v) is 3.76. The zero-order valence-electron chi connectivity index (χ0n) is 17.9. The zero-order chi connectivity index (χ0) is 21.5. The van der Waals surface area contributed by atoms with Gasteiger partial charge in [0.1, 0.15) is 11.6 Å². The molecule has 1 aliphatic heterocycles. The quantitative estimate of drug-likeness (QED) is 0.633. The first-order chi connectivity index (χ1) is 15.2. The van der Waals surface area contributed by atoms with Crippen molar-refractivity contribution in [2.24, 2.45) is 0 Å². The molecule has 1 saturated heterocycles. The summed E-state index contributed by atoms with van der Waals surface area (Å²) >= 11 is 0. The number of amides is 2. The smallest absolute Gasteiger partial charge is 0.321 e. The molecular formula is C24H29N5O2. The maximum absolute atomic E-state index is 12.6. The molecule has 0 spiro atoms. The van der Waals surface area contributed by atoms with Crippen molar-refractivity contribution in [2.45, 2.75) is 13.5 Å². The lowest BCUT2D eigenvalue weighted by Gasteiger charge is -2.34. The Morgan fingerprint density at radius 3 is 2.45 bits per heavy atom. The van der Waals surface area contributed by atoms with Crippen LogP contribution < -0.4 is 10.1 Å². The van der Waals surface area contributed by atoms with E-state index in [9.17, 15) is 4.79 Å². The topological polar surface area (TPSA) is 62.6 Å². The van der Waals surface area contributed by atoms with Gasteiger partial charge in [0.2, 0.25) is 0 Å². The van der Waals surface area contributed by atoms with Crippen LogP contribution in [0.4, 0.5) is 10.5 Å². The van der Waals surface area contributed by atoms with Gasteiger partial charge in [-0.15, -0.1) is 0 Å². The number of nitrogens with zero attached hydrogens (tertiary/aromatic N) is 4. The number of anilines is 1. The minimum absolute atomic E-state index is 0.0511. The largest absolute Gasteiger partial charge is 0.494 e. The van der Waals surface area contributed by atoms with Gasteiger partial charge in [0, 0.05) is 62.9 Å². The van der Waals surface area contributed by atoms with E-state index in [1.165, 1.54) is 0 Å². The lowest BCUT2D eigenvalue weighted by molar-refractivity contribution is 0.144. The van der Waals surface area contributed by atoms with Crippen LogP contribution in [0.15, 0.2) is 67.0 Å². The predicted octanol–water partition coefficient (Wildman–Crippen LogP) is 3.80. The molecule has 1 fully saturated rings. The van der Waals surface area contributed by atoms with Crippen molar-refractivity contribution in [3.05, 3.63) is 67.0 Å². The number of rotatable bonds is 7. The average molecular weight is 420 g/mol. The van der Waals surface area contributed by atoms with Crippen LogP contribution in [0.2, 0.25) is 0 Å². The van der Waals surface area contributed by atoms with Gasteiger partial charge in [-0.3, -0.25) is 4.90 Å². The van der Waals surface area contributed by atoms with Gasteiger partial charge in [-0.1, -0.05) is 30.3 Å². The van der Waals surface area contributed by atoms with Crippen LogP contribution in [0.3, 0.4) is 0 Å². The van der Waals surface area contributed by atoms with E-state index >= 15 is 0 Å². The van der Waals surface area contributed by atoms with Gasteiger partial charge in [-0.05, 0) is 31.2 Å². The number of ether oxygens (including phenoxy) is 1. The van der Waals surface area contributed by atoms with Gasteiger partial charge in [0.25, 0.3) is 0 Å². The van der Waals surface area contributed by atoms with E-state index < -0.39 is 0 Å². The summed E-state index contributed by atoms with van der Waals surface area (Å²) in [5.41, 5.74) is 1.91. The van der Waals surface area contributed by atoms with Crippen LogP contribution in [0.25, 0.3) is 11.4 Å². The third kappa shape index (κ3) is 5.44. The maximum Gasteiger partial charge on any atom is 0.321 e. The Morgan fingerprint density at radius 1 is 1.00 bits per heavy atom. The minimum Gasteiger partial charge on any atom is -0.494 e. The SMILES string of the molecule is CCOc1ccc(NC(=O)N2CCN(CCn3ccnc3-c3ccccc3)CC2)cc1. The van der Waals surface area contributed by atoms with Crippen molar-refractivity contribution in [1.82, 2.24) is 19.4 Å². The van der Waals surface area contributed by atoms with Gasteiger partial charge >= 0.3 is 6.03 Å². The molecule has 4 rings (SSSR count). The molecule has 3 aromatic rings. The highest BCUT2D eigenvalue weighted by molar-refractivity contribution is 5.89. The van der Waals surface area contributed by atoms with Gasteiger partial charge < -0.3 is 19.5 Å². The van der Waals surface area contributed by atoms with E-state index in [2.05, 4.69) is 31.9 Å². The molecule has 31 heavy (non-hydrogen) atoms. The molecule has 0 aliphatic carbocycles.